The van der Waals surface area contributed by atoms with Crippen LogP contribution in [0.2, 0.25) is 0 Å². The van der Waals surface area contributed by atoms with Gasteiger partial charge in [0.1, 0.15) is 11.9 Å². The Kier molecular flexibility index (Phi) is 6.46. The van der Waals surface area contributed by atoms with Crippen LogP contribution in [0.15, 0.2) is 0 Å². The molecule has 186 valence electrons. The Balaban J connectivity index is 1.19. The van der Waals surface area contributed by atoms with Crippen LogP contribution >= 0.6 is 0 Å². The normalized spacial score (nSPS) is 48.0. The standard InChI is InChI=1S/C29H47NO3/c1-19-15-20(2)18-30(17-19)14-11-27(32)33-26-8-7-24-23-6-5-21-16-22(31)9-12-28(21,3)25(23)10-13-29(24,26)4/h19-21,23-26H,5-18H2,1-4H3/t19-,20-,21+,23+,24+,25-,26-,28-,29-/m1/s1. The van der Waals surface area contributed by atoms with E-state index >= 15 is 0 Å². The first-order valence-corrected chi connectivity index (χ1v) is 14.1. The number of carbonyl (C=O) groups is 2. The molecule has 0 amide bonds. The van der Waals surface area contributed by atoms with Gasteiger partial charge in [-0.15, -0.1) is 0 Å². The van der Waals surface area contributed by atoms with Gasteiger partial charge in [0.25, 0.3) is 0 Å². The van der Waals surface area contributed by atoms with Gasteiger partial charge in [0.05, 0.1) is 6.42 Å². The SMILES string of the molecule is C[C@@H]1C[C@@H](C)CN(CCC(=O)O[C@@H]2CC[C@H]3[C@@H]4CC[C@H]5CC(=O)CC[C@@]5(C)[C@@H]4CC[C@@]23C)C1. The summed E-state index contributed by atoms with van der Waals surface area (Å²) in [5.74, 6) is 4.81. The molecular weight excluding hydrogens is 410 g/mol. The fourth-order valence-corrected chi connectivity index (χ4v) is 9.63. The van der Waals surface area contributed by atoms with Crippen molar-refractivity contribution in [3.63, 3.8) is 0 Å². The van der Waals surface area contributed by atoms with Crippen molar-refractivity contribution >= 4 is 11.8 Å². The third-order valence-electron chi connectivity index (χ3n) is 11.2. The van der Waals surface area contributed by atoms with E-state index in [2.05, 4.69) is 32.6 Å². The van der Waals surface area contributed by atoms with Gasteiger partial charge in [-0.2, -0.15) is 0 Å². The van der Waals surface area contributed by atoms with Crippen LogP contribution in [0.5, 0.6) is 0 Å². The van der Waals surface area contributed by atoms with Crippen LogP contribution in [-0.4, -0.2) is 42.4 Å². The van der Waals surface area contributed by atoms with Crippen LogP contribution in [0, 0.1) is 46.3 Å². The lowest BCUT2D eigenvalue weighted by Gasteiger charge is -2.60. The zero-order valence-electron chi connectivity index (χ0n) is 21.6. The molecule has 0 spiro atoms. The summed E-state index contributed by atoms with van der Waals surface area (Å²) >= 11 is 0. The Hall–Kier alpha value is -0.900. The van der Waals surface area contributed by atoms with E-state index in [0.29, 0.717) is 29.5 Å². The largest absolute Gasteiger partial charge is 0.462 e. The van der Waals surface area contributed by atoms with E-state index < -0.39 is 0 Å². The second kappa shape index (κ2) is 8.95. The molecule has 0 aromatic carbocycles. The average Bonchev–Trinajstić information content (AvgIpc) is 3.08. The molecule has 33 heavy (non-hydrogen) atoms. The third-order valence-corrected chi connectivity index (χ3v) is 11.2. The average molecular weight is 458 g/mol. The number of piperidine rings is 1. The molecule has 0 unspecified atom stereocenters. The van der Waals surface area contributed by atoms with E-state index in [4.69, 9.17) is 4.74 Å². The molecule has 0 radical (unpaired) electrons. The topological polar surface area (TPSA) is 46.6 Å². The summed E-state index contributed by atoms with van der Waals surface area (Å²) in [6.45, 7) is 12.7. The van der Waals surface area contributed by atoms with Crippen molar-refractivity contribution < 1.29 is 14.3 Å². The highest BCUT2D eigenvalue weighted by atomic mass is 16.5. The Morgan fingerprint density at radius 3 is 2.45 bits per heavy atom. The number of esters is 1. The molecule has 0 aromatic rings. The van der Waals surface area contributed by atoms with Gasteiger partial charge in [0.15, 0.2) is 0 Å². The molecule has 1 aliphatic heterocycles. The third kappa shape index (κ3) is 4.32. The van der Waals surface area contributed by atoms with Gasteiger partial charge >= 0.3 is 5.97 Å². The van der Waals surface area contributed by atoms with Crippen LogP contribution in [0.1, 0.15) is 98.3 Å². The van der Waals surface area contributed by atoms with Crippen LogP contribution in [-0.2, 0) is 14.3 Å². The highest BCUT2D eigenvalue weighted by molar-refractivity contribution is 5.79. The predicted molar refractivity (Wildman–Crippen MR) is 131 cm³/mol. The Morgan fingerprint density at radius 1 is 0.970 bits per heavy atom. The number of ketones is 1. The van der Waals surface area contributed by atoms with Crippen molar-refractivity contribution in [2.45, 2.75) is 104 Å². The van der Waals surface area contributed by atoms with Crippen LogP contribution in [0.3, 0.4) is 0 Å². The molecule has 5 rings (SSSR count). The zero-order valence-corrected chi connectivity index (χ0v) is 21.6. The maximum atomic E-state index is 12.9. The van der Waals surface area contributed by atoms with Gasteiger partial charge in [-0.25, -0.2) is 0 Å². The molecule has 0 bridgehead atoms. The van der Waals surface area contributed by atoms with Crippen LogP contribution < -0.4 is 0 Å². The number of fused-ring (bicyclic) bond motifs is 5. The molecule has 4 saturated carbocycles. The molecule has 1 heterocycles. The number of nitrogens with zero attached hydrogens (tertiary/aromatic N) is 1. The lowest BCUT2D eigenvalue weighted by Crippen LogP contribution is -2.54. The van der Waals surface area contributed by atoms with Crippen molar-refractivity contribution in [1.29, 1.82) is 0 Å². The zero-order chi connectivity index (χ0) is 23.4. The minimum Gasteiger partial charge on any atom is -0.462 e. The van der Waals surface area contributed by atoms with Gasteiger partial charge < -0.3 is 9.64 Å². The van der Waals surface area contributed by atoms with Gasteiger partial charge in [-0.3, -0.25) is 9.59 Å². The van der Waals surface area contributed by atoms with Crippen molar-refractivity contribution in [3.8, 4) is 0 Å². The fraction of sp³-hybridized carbons (Fsp3) is 0.931. The first-order valence-electron chi connectivity index (χ1n) is 14.1. The monoisotopic (exact) mass is 457 g/mol. The lowest BCUT2D eigenvalue weighted by molar-refractivity contribution is -0.164. The highest BCUT2D eigenvalue weighted by Crippen LogP contribution is 2.66. The highest BCUT2D eigenvalue weighted by Gasteiger charge is 2.61. The van der Waals surface area contributed by atoms with E-state index in [1.165, 1.54) is 38.5 Å². The summed E-state index contributed by atoms with van der Waals surface area (Å²) in [7, 11) is 0. The number of ether oxygens (including phenoxy) is 1. The van der Waals surface area contributed by atoms with E-state index in [0.717, 1.165) is 69.0 Å². The van der Waals surface area contributed by atoms with Crippen LogP contribution in [0.25, 0.3) is 0 Å². The van der Waals surface area contributed by atoms with Crippen molar-refractivity contribution in [3.05, 3.63) is 0 Å². The fourth-order valence-electron chi connectivity index (χ4n) is 9.63. The molecule has 4 aliphatic carbocycles. The number of hydrogen-bond acceptors (Lipinski definition) is 4. The van der Waals surface area contributed by atoms with E-state index in [1.807, 2.05) is 0 Å². The molecule has 5 aliphatic rings. The first-order chi connectivity index (χ1) is 15.7. The number of carbonyl (C=O) groups excluding carboxylic acids is 2. The van der Waals surface area contributed by atoms with Gasteiger partial charge in [-0.05, 0) is 92.3 Å². The quantitative estimate of drug-likeness (QED) is 0.495. The summed E-state index contributed by atoms with van der Waals surface area (Å²) in [6, 6.07) is 0. The van der Waals surface area contributed by atoms with E-state index in [1.54, 1.807) is 0 Å². The number of Topliss-reactive ketones (excluding diaryl/α,β-unsaturated/α-hetero) is 1. The number of likely N-dealkylation sites (tertiary alicyclic amines) is 1. The number of rotatable bonds is 4. The molecule has 0 aromatic heterocycles. The maximum Gasteiger partial charge on any atom is 0.307 e. The molecule has 0 N–H and O–H groups in total. The molecular formula is C29H47NO3. The van der Waals surface area contributed by atoms with Gasteiger partial charge in [-0.1, -0.05) is 27.7 Å². The summed E-state index contributed by atoms with van der Waals surface area (Å²) < 4.78 is 6.24. The molecule has 4 heteroatoms. The Labute approximate surface area is 201 Å². The Morgan fingerprint density at radius 2 is 1.70 bits per heavy atom. The van der Waals surface area contributed by atoms with Crippen molar-refractivity contribution in [2.24, 2.45) is 46.3 Å². The van der Waals surface area contributed by atoms with E-state index in [-0.39, 0.29) is 17.5 Å². The van der Waals surface area contributed by atoms with Crippen molar-refractivity contribution in [1.82, 2.24) is 4.90 Å². The lowest BCUT2D eigenvalue weighted by atomic mass is 9.45. The predicted octanol–water partition coefficient (Wildman–Crippen LogP) is 5.88. The number of hydrogen-bond donors (Lipinski definition) is 0. The summed E-state index contributed by atoms with van der Waals surface area (Å²) in [5.41, 5.74) is 0.508. The van der Waals surface area contributed by atoms with Gasteiger partial charge in [0.2, 0.25) is 0 Å². The first kappa shape index (κ1) is 23.8. The summed E-state index contributed by atoms with van der Waals surface area (Å²) in [4.78, 5) is 27.5. The molecule has 5 fully saturated rings. The van der Waals surface area contributed by atoms with E-state index in [9.17, 15) is 9.59 Å². The second-order valence-corrected chi connectivity index (χ2v) is 13.5. The minimum atomic E-state index is 0.0244. The summed E-state index contributed by atoms with van der Waals surface area (Å²) in [6.07, 6.45) is 11.9. The van der Waals surface area contributed by atoms with Crippen molar-refractivity contribution in [2.75, 3.05) is 19.6 Å². The Bertz CT molecular complexity index is 756. The molecule has 9 atom stereocenters. The second-order valence-electron chi connectivity index (χ2n) is 13.5. The maximum absolute atomic E-state index is 12.9. The molecule has 4 nitrogen and oxygen atoms in total. The van der Waals surface area contributed by atoms with Crippen LogP contribution in [0.4, 0.5) is 0 Å². The molecule has 1 saturated heterocycles. The smallest absolute Gasteiger partial charge is 0.307 e. The van der Waals surface area contributed by atoms with Gasteiger partial charge in [0, 0.05) is 37.9 Å². The summed E-state index contributed by atoms with van der Waals surface area (Å²) in [5, 5.41) is 0. The minimum absolute atomic E-state index is 0.0244.